The molecule has 1 amide bonds. The van der Waals surface area contributed by atoms with Crippen molar-refractivity contribution in [3.63, 3.8) is 0 Å². The number of anilines is 1. The SMILES string of the molecule is O=C(Nc1ncccc1Br)c1cc([N+](=O)[O-])c[nH]1. The number of aromatic amines is 1. The first-order valence-corrected chi connectivity index (χ1v) is 5.62. The molecule has 0 fully saturated rings. The fraction of sp³-hybridized carbons (Fsp3) is 0. The van der Waals surface area contributed by atoms with Gasteiger partial charge in [0.25, 0.3) is 11.6 Å². The van der Waals surface area contributed by atoms with Crippen molar-refractivity contribution in [1.29, 1.82) is 0 Å². The predicted octanol–water partition coefficient (Wildman–Crippen LogP) is 2.33. The van der Waals surface area contributed by atoms with E-state index >= 15 is 0 Å². The van der Waals surface area contributed by atoms with Crippen LogP contribution in [0.1, 0.15) is 10.5 Å². The van der Waals surface area contributed by atoms with Crippen molar-refractivity contribution in [2.75, 3.05) is 5.32 Å². The Bertz CT molecular complexity index is 611. The minimum atomic E-state index is -0.579. The third-order valence-corrected chi connectivity index (χ3v) is 2.75. The van der Waals surface area contributed by atoms with Crippen LogP contribution in [0.4, 0.5) is 11.5 Å². The number of nitrogens with one attached hydrogen (secondary N) is 2. The van der Waals surface area contributed by atoms with E-state index in [1.807, 2.05) is 0 Å². The number of carbonyl (C=O) groups is 1. The van der Waals surface area contributed by atoms with Gasteiger partial charge in [-0.3, -0.25) is 14.9 Å². The zero-order valence-electron chi connectivity index (χ0n) is 8.88. The van der Waals surface area contributed by atoms with Crippen LogP contribution in [-0.2, 0) is 0 Å². The van der Waals surface area contributed by atoms with E-state index in [0.29, 0.717) is 10.3 Å². The van der Waals surface area contributed by atoms with E-state index in [0.717, 1.165) is 12.3 Å². The molecule has 18 heavy (non-hydrogen) atoms. The van der Waals surface area contributed by atoms with Gasteiger partial charge in [0.05, 0.1) is 15.6 Å². The Balaban J connectivity index is 2.17. The second-order valence-electron chi connectivity index (χ2n) is 3.32. The monoisotopic (exact) mass is 310 g/mol. The van der Waals surface area contributed by atoms with E-state index in [1.54, 1.807) is 12.1 Å². The van der Waals surface area contributed by atoms with Crippen molar-refractivity contribution in [2.45, 2.75) is 0 Å². The number of H-pyrrole nitrogens is 1. The fourth-order valence-electron chi connectivity index (χ4n) is 1.27. The summed E-state index contributed by atoms with van der Waals surface area (Å²) in [5, 5.41) is 13.0. The zero-order valence-corrected chi connectivity index (χ0v) is 10.5. The number of pyridine rings is 1. The average molecular weight is 311 g/mol. The Kier molecular flexibility index (Phi) is 3.38. The molecule has 0 saturated carbocycles. The smallest absolute Gasteiger partial charge is 0.287 e. The van der Waals surface area contributed by atoms with Crippen LogP contribution in [0.3, 0.4) is 0 Å². The summed E-state index contributed by atoms with van der Waals surface area (Å²) < 4.78 is 0.624. The summed E-state index contributed by atoms with van der Waals surface area (Å²) in [6.07, 6.45) is 2.68. The van der Waals surface area contributed by atoms with Gasteiger partial charge in [-0.2, -0.15) is 0 Å². The highest BCUT2D eigenvalue weighted by atomic mass is 79.9. The summed E-state index contributed by atoms with van der Waals surface area (Å²) in [6, 6.07) is 4.59. The molecule has 0 bridgehead atoms. The molecule has 0 aromatic carbocycles. The Hall–Kier alpha value is -2.22. The van der Waals surface area contributed by atoms with Crippen LogP contribution in [0.25, 0.3) is 0 Å². The van der Waals surface area contributed by atoms with Crippen molar-refractivity contribution < 1.29 is 9.72 Å². The van der Waals surface area contributed by atoms with Crippen LogP contribution in [0.15, 0.2) is 35.1 Å². The zero-order chi connectivity index (χ0) is 13.1. The topological polar surface area (TPSA) is 101 Å². The molecule has 0 aliphatic heterocycles. The van der Waals surface area contributed by atoms with Crippen molar-refractivity contribution in [2.24, 2.45) is 0 Å². The number of hydrogen-bond donors (Lipinski definition) is 2. The van der Waals surface area contributed by atoms with Gasteiger partial charge >= 0.3 is 0 Å². The summed E-state index contributed by atoms with van der Waals surface area (Å²) in [4.78, 5) is 28.2. The van der Waals surface area contributed by atoms with Gasteiger partial charge in [0.15, 0.2) is 0 Å². The highest BCUT2D eigenvalue weighted by molar-refractivity contribution is 9.10. The molecule has 2 rings (SSSR count). The van der Waals surface area contributed by atoms with Gasteiger partial charge in [0, 0.05) is 12.3 Å². The lowest BCUT2D eigenvalue weighted by molar-refractivity contribution is -0.384. The molecule has 8 heteroatoms. The van der Waals surface area contributed by atoms with E-state index in [9.17, 15) is 14.9 Å². The van der Waals surface area contributed by atoms with Crippen molar-refractivity contribution in [3.05, 3.63) is 50.9 Å². The Morgan fingerprint density at radius 3 is 2.94 bits per heavy atom. The Labute approximate surface area is 110 Å². The van der Waals surface area contributed by atoms with Gasteiger partial charge in [-0.05, 0) is 28.1 Å². The normalized spacial score (nSPS) is 10.1. The van der Waals surface area contributed by atoms with Crippen LogP contribution in [0, 0.1) is 10.1 Å². The molecule has 2 aromatic heterocycles. The van der Waals surface area contributed by atoms with Crippen LogP contribution >= 0.6 is 15.9 Å². The lowest BCUT2D eigenvalue weighted by Gasteiger charge is -2.03. The van der Waals surface area contributed by atoms with Crippen LogP contribution in [0.5, 0.6) is 0 Å². The van der Waals surface area contributed by atoms with E-state index in [-0.39, 0.29) is 11.4 Å². The second-order valence-corrected chi connectivity index (χ2v) is 4.17. The number of carbonyl (C=O) groups excluding carboxylic acids is 1. The molecule has 0 aliphatic carbocycles. The summed E-state index contributed by atoms with van der Waals surface area (Å²) in [7, 11) is 0. The van der Waals surface area contributed by atoms with E-state index < -0.39 is 10.8 Å². The molecule has 0 unspecified atom stereocenters. The molecule has 7 nitrogen and oxygen atoms in total. The number of nitrogens with zero attached hydrogens (tertiary/aromatic N) is 2. The van der Waals surface area contributed by atoms with Gasteiger partial charge in [-0.25, -0.2) is 4.98 Å². The number of halogens is 1. The van der Waals surface area contributed by atoms with Gasteiger partial charge in [0.2, 0.25) is 0 Å². The van der Waals surface area contributed by atoms with Gasteiger partial charge in [-0.1, -0.05) is 0 Å². The highest BCUT2D eigenvalue weighted by Gasteiger charge is 2.15. The number of rotatable bonds is 3. The van der Waals surface area contributed by atoms with Crippen LogP contribution in [0.2, 0.25) is 0 Å². The number of nitro groups is 1. The summed E-state index contributed by atoms with van der Waals surface area (Å²) in [5.74, 6) is -0.151. The third kappa shape index (κ3) is 2.54. The molecule has 0 aliphatic rings. The molecule has 0 radical (unpaired) electrons. The molecule has 0 atom stereocenters. The summed E-state index contributed by atoms with van der Waals surface area (Å²) >= 11 is 3.23. The maximum absolute atomic E-state index is 11.8. The molecule has 2 aromatic rings. The van der Waals surface area contributed by atoms with Crippen LogP contribution < -0.4 is 5.32 Å². The number of amides is 1. The van der Waals surface area contributed by atoms with Crippen molar-refractivity contribution in [3.8, 4) is 0 Å². The number of hydrogen-bond acceptors (Lipinski definition) is 4. The quantitative estimate of drug-likeness (QED) is 0.671. The Morgan fingerprint density at radius 2 is 2.33 bits per heavy atom. The predicted molar refractivity (Wildman–Crippen MR) is 67.3 cm³/mol. The van der Waals surface area contributed by atoms with Crippen molar-refractivity contribution >= 4 is 33.3 Å². The third-order valence-electron chi connectivity index (χ3n) is 2.11. The van der Waals surface area contributed by atoms with Gasteiger partial charge in [-0.15, -0.1) is 0 Å². The molecule has 0 saturated heterocycles. The fourth-order valence-corrected chi connectivity index (χ4v) is 1.63. The van der Waals surface area contributed by atoms with E-state index in [1.165, 1.54) is 6.20 Å². The first-order chi connectivity index (χ1) is 8.58. The standard InChI is InChI=1S/C10H7BrN4O3/c11-7-2-1-3-12-9(7)14-10(16)8-4-6(5-13-8)15(17)18/h1-5,13H,(H,12,14,16). The lowest BCUT2D eigenvalue weighted by Crippen LogP contribution is -2.13. The van der Waals surface area contributed by atoms with Gasteiger partial charge in [0.1, 0.15) is 11.5 Å². The highest BCUT2D eigenvalue weighted by Crippen LogP contribution is 2.19. The largest absolute Gasteiger partial charge is 0.351 e. The maximum Gasteiger partial charge on any atom is 0.287 e. The molecule has 92 valence electrons. The number of aromatic nitrogens is 2. The molecule has 2 heterocycles. The molecular weight excluding hydrogens is 304 g/mol. The van der Waals surface area contributed by atoms with Crippen LogP contribution in [-0.4, -0.2) is 20.8 Å². The molecular formula is C10H7BrN4O3. The van der Waals surface area contributed by atoms with Gasteiger partial charge < -0.3 is 10.3 Å². The Morgan fingerprint density at radius 1 is 1.56 bits per heavy atom. The summed E-state index contributed by atoms with van der Waals surface area (Å²) in [6.45, 7) is 0. The average Bonchev–Trinajstić information content (AvgIpc) is 2.81. The molecule has 0 spiro atoms. The van der Waals surface area contributed by atoms with E-state index in [4.69, 9.17) is 0 Å². The lowest BCUT2D eigenvalue weighted by atomic mass is 10.4. The second kappa shape index (κ2) is 4.96. The first-order valence-electron chi connectivity index (χ1n) is 4.82. The molecule has 2 N–H and O–H groups in total. The summed E-state index contributed by atoms with van der Waals surface area (Å²) in [5.41, 5.74) is -0.0699. The van der Waals surface area contributed by atoms with Crippen molar-refractivity contribution in [1.82, 2.24) is 9.97 Å². The minimum absolute atomic E-state index is 0.0965. The maximum atomic E-state index is 11.8. The minimum Gasteiger partial charge on any atom is -0.351 e. The van der Waals surface area contributed by atoms with E-state index in [2.05, 4.69) is 31.2 Å². The first kappa shape index (κ1) is 12.2.